The second kappa shape index (κ2) is 9.08. The van der Waals surface area contributed by atoms with Crippen LogP contribution in [0.25, 0.3) is 0 Å². The molecule has 1 heterocycles. The SMILES string of the molecule is COc1ccc(C)cc1C(=O)CCC(=O)OCc1cc(Cl)cc2c1OCOC2. The summed E-state index contributed by atoms with van der Waals surface area (Å²) >= 11 is 6.10. The highest BCUT2D eigenvalue weighted by atomic mass is 35.5. The maximum Gasteiger partial charge on any atom is 0.306 e. The Kier molecular flexibility index (Phi) is 6.54. The molecule has 0 unspecified atom stereocenters. The molecule has 0 bridgehead atoms. The van der Waals surface area contributed by atoms with Crippen molar-refractivity contribution in [3.8, 4) is 11.5 Å². The Morgan fingerprint density at radius 3 is 2.79 bits per heavy atom. The highest BCUT2D eigenvalue weighted by molar-refractivity contribution is 6.30. The highest BCUT2D eigenvalue weighted by Crippen LogP contribution is 2.32. The van der Waals surface area contributed by atoms with Gasteiger partial charge in [-0.3, -0.25) is 9.59 Å². The third-order valence-electron chi connectivity index (χ3n) is 4.35. The van der Waals surface area contributed by atoms with Gasteiger partial charge in [0, 0.05) is 22.6 Å². The molecular formula is C21H21ClO6. The van der Waals surface area contributed by atoms with Crippen LogP contribution in [0, 0.1) is 6.92 Å². The van der Waals surface area contributed by atoms with E-state index in [0.717, 1.165) is 11.1 Å². The van der Waals surface area contributed by atoms with Crippen LogP contribution in [-0.4, -0.2) is 25.7 Å². The fraction of sp³-hybridized carbons (Fsp3) is 0.333. The average molecular weight is 405 g/mol. The van der Waals surface area contributed by atoms with E-state index in [1.165, 1.54) is 7.11 Å². The average Bonchev–Trinajstić information content (AvgIpc) is 2.70. The number of carbonyl (C=O) groups is 2. The number of halogens is 1. The van der Waals surface area contributed by atoms with E-state index in [-0.39, 0.29) is 32.0 Å². The summed E-state index contributed by atoms with van der Waals surface area (Å²) in [6.07, 6.45) is 0.0132. The van der Waals surface area contributed by atoms with Gasteiger partial charge in [-0.15, -0.1) is 0 Å². The fourth-order valence-electron chi connectivity index (χ4n) is 2.98. The van der Waals surface area contributed by atoms with E-state index >= 15 is 0 Å². The van der Waals surface area contributed by atoms with Crippen LogP contribution in [0.5, 0.6) is 11.5 Å². The number of hydrogen-bond donors (Lipinski definition) is 0. The van der Waals surface area contributed by atoms with Crippen LogP contribution in [0.1, 0.15) is 39.9 Å². The Morgan fingerprint density at radius 1 is 1.18 bits per heavy atom. The molecule has 148 valence electrons. The molecule has 0 spiro atoms. The first-order chi connectivity index (χ1) is 13.5. The van der Waals surface area contributed by atoms with Gasteiger partial charge in [0.2, 0.25) is 0 Å². The minimum Gasteiger partial charge on any atom is -0.496 e. The first-order valence-corrected chi connectivity index (χ1v) is 9.21. The second-order valence-electron chi connectivity index (χ2n) is 6.45. The van der Waals surface area contributed by atoms with E-state index in [1.807, 2.05) is 13.0 Å². The van der Waals surface area contributed by atoms with E-state index in [2.05, 4.69) is 0 Å². The molecule has 28 heavy (non-hydrogen) atoms. The molecule has 0 N–H and O–H groups in total. The van der Waals surface area contributed by atoms with Gasteiger partial charge < -0.3 is 18.9 Å². The minimum absolute atomic E-state index is 0.0175. The van der Waals surface area contributed by atoms with Gasteiger partial charge in [0.15, 0.2) is 12.6 Å². The summed E-state index contributed by atoms with van der Waals surface area (Å²) < 4.78 is 21.3. The summed E-state index contributed by atoms with van der Waals surface area (Å²) in [4.78, 5) is 24.6. The Hall–Kier alpha value is -2.57. The molecule has 0 saturated heterocycles. The predicted molar refractivity (Wildman–Crippen MR) is 103 cm³/mol. The van der Waals surface area contributed by atoms with Gasteiger partial charge in [0.05, 0.1) is 25.7 Å². The normalized spacial score (nSPS) is 12.7. The lowest BCUT2D eigenvalue weighted by molar-refractivity contribution is -0.145. The summed E-state index contributed by atoms with van der Waals surface area (Å²) in [5, 5.41) is 0.514. The summed E-state index contributed by atoms with van der Waals surface area (Å²) in [5.74, 6) is 0.483. The Balaban J connectivity index is 1.58. The topological polar surface area (TPSA) is 71.1 Å². The Morgan fingerprint density at radius 2 is 2.00 bits per heavy atom. The maximum atomic E-state index is 12.5. The quantitative estimate of drug-likeness (QED) is 0.508. The zero-order valence-electron chi connectivity index (χ0n) is 15.7. The van der Waals surface area contributed by atoms with Crippen LogP contribution < -0.4 is 9.47 Å². The Labute approximate surface area is 168 Å². The van der Waals surface area contributed by atoms with Crippen molar-refractivity contribution in [2.24, 2.45) is 0 Å². The molecule has 2 aromatic rings. The monoisotopic (exact) mass is 404 g/mol. The molecule has 6 nitrogen and oxygen atoms in total. The standard InChI is InChI=1S/C21H21ClO6/c1-13-3-5-19(25-2)17(7-13)18(23)4-6-20(24)27-11-15-9-16(22)8-14-10-26-12-28-21(14)15/h3,5,7-9H,4,6,10-12H2,1-2H3. The molecule has 7 heteroatoms. The maximum absolute atomic E-state index is 12.5. The lowest BCUT2D eigenvalue weighted by Crippen LogP contribution is -2.14. The predicted octanol–water partition coefficient (Wildman–Crippen LogP) is 4.23. The van der Waals surface area contributed by atoms with Crippen molar-refractivity contribution < 1.29 is 28.5 Å². The van der Waals surface area contributed by atoms with E-state index in [9.17, 15) is 9.59 Å². The summed E-state index contributed by atoms with van der Waals surface area (Å²) in [6, 6.07) is 8.82. The number of fused-ring (bicyclic) bond motifs is 1. The zero-order valence-corrected chi connectivity index (χ0v) is 16.5. The van der Waals surface area contributed by atoms with Gasteiger partial charge in [-0.05, 0) is 31.2 Å². The van der Waals surface area contributed by atoms with Crippen LogP contribution >= 0.6 is 11.6 Å². The van der Waals surface area contributed by atoms with Crippen molar-refractivity contribution in [1.82, 2.24) is 0 Å². The fourth-order valence-corrected chi connectivity index (χ4v) is 3.25. The number of ether oxygens (including phenoxy) is 4. The van der Waals surface area contributed by atoms with Crippen molar-refractivity contribution in [3.63, 3.8) is 0 Å². The number of esters is 1. The third kappa shape index (κ3) is 4.82. The molecule has 0 aliphatic carbocycles. The van der Waals surface area contributed by atoms with Crippen LogP contribution in [0.3, 0.4) is 0 Å². The molecule has 2 aromatic carbocycles. The largest absolute Gasteiger partial charge is 0.496 e. The van der Waals surface area contributed by atoms with Crippen molar-refractivity contribution in [1.29, 1.82) is 0 Å². The molecule has 0 saturated carbocycles. The van der Waals surface area contributed by atoms with Crippen LogP contribution in [0.4, 0.5) is 0 Å². The van der Waals surface area contributed by atoms with Gasteiger partial charge in [-0.25, -0.2) is 0 Å². The molecule has 0 atom stereocenters. The number of aryl methyl sites for hydroxylation is 1. The van der Waals surface area contributed by atoms with Crippen molar-refractivity contribution >= 4 is 23.4 Å². The van der Waals surface area contributed by atoms with Gasteiger partial charge in [0.1, 0.15) is 18.1 Å². The first kappa shape index (κ1) is 20.2. The second-order valence-corrected chi connectivity index (χ2v) is 6.89. The van der Waals surface area contributed by atoms with Crippen LogP contribution in [0.15, 0.2) is 30.3 Å². The number of carbonyl (C=O) groups excluding carboxylic acids is 2. The van der Waals surface area contributed by atoms with Crippen molar-refractivity contribution in [2.45, 2.75) is 33.0 Å². The molecule has 3 rings (SSSR count). The van der Waals surface area contributed by atoms with E-state index in [0.29, 0.717) is 34.3 Å². The van der Waals surface area contributed by atoms with E-state index in [4.69, 9.17) is 30.5 Å². The molecule has 1 aliphatic rings. The number of methoxy groups -OCH3 is 1. The molecular weight excluding hydrogens is 384 g/mol. The highest BCUT2D eigenvalue weighted by Gasteiger charge is 2.19. The smallest absolute Gasteiger partial charge is 0.306 e. The molecule has 1 aliphatic heterocycles. The van der Waals surface area contributed by atoms with Crippen LogP contribution in [0.2, 0.25) is 5.02 Å². The van der Waals surface area contributed by atoms with E-state index < -0.39 is 5.97 Å². The first-order valence-electron chi connectivity index (χ1n) is 8.83. The minimum atomic E-state index is -0.472. The number of hydrogen-bond acceptors (Lipinski definition) is 6. The third-order valence-corrected chi connectivity index (χ3v) is 4.57. The lowest BCUT2D eigenvalue weighted by Gasteiger charge is -2.21. The van der Waals surface area contributed by atoms with E-state index in [1.54, 1.807) is 24.3 Å². The summed E-state index contributed by atoms with van der Waals surface area (Å²) in [7, 11) is 1.51. The number of benzene rings is 2. The lowest BCUT2D eigenvalue weighted by atomic mass is 10.0. The van der Waals surface area contributed by atoms with Gasteiger partial charge >= 0.3 is 5.97 Å². The Bertz CT molecular complexity index is 893. The number of ketones is 1. The molecule has 0 fully saturated rings. The number of Topliss-reactive ketones (excluding diaryl/α,β-unsaturated/α-hetero) is 1. The molecule has 0 aromatic heterocycles. The molecule has 0 radical (unpaired) electrons. The number of rotatable bonds is 7. The summed E-state index contributed by atoms with van der Waals surface area (Å²) in [6.45, 7) is 2.44. The zero-order chi connectivity index (χ0) is 20.1. The van der Waals surface area contributed by atoms with Crippen molar-refractivity contribution in [2.75, 3.05) is 13.9 Å². The van der Waals surface area contributed by atoms with Crippen LogP contribution in [-0.2, 0) is 27.5 Å². The van der Waals surface area contributed by atoms with Gasteiger partial charge in [-0.2, -0.15) is 0 Å². The summed E-state index contributed by atoms with van der Waals surface area (Å²) in [5.41, 5.74) is 2.89. The van der Waals surface area contributed by atoms with Crippen molar-refractivity contribution in [3.05, 3.63) is 57.6 Å². The van der Waals surface area contributed by atoms with Gasteiger partial charge in [-0.1, -0.05) is 23.2 Å². The molecule has 0 amide bonds. The van der Waals surface area contributed by atoms with Gasteiger partial charge in [0.25, 0.3) is 0 Å².